The minimum absolute atomic E-state index is 0.0386. The van der Waals surface area contributed by atoms with Crippen molar-refractivity contribution in [1.29, 1.82) is 0 Å². The third-order valence-electron chi connectivity index (χ3n) is 6.16. The number of H-pyrrole nitrogens is 1. The number of aromatic amines is 1. The van der Waals surface area contributed by atoms with E-state index in [2.05, 4.69) is 9.97 Å². The van der Waals surface area contributed by atoms with Crippen molar-refractivity contribution in [1.82, 2.24) is 19.8 Å². The summed E-state index contributed by atoms with van der Waals surface area (Å²) >= 11 is 0. The number of ether oxygens (including phenoxy) is 2. The van der Waals surface area contributed by atoms with Gasteiger partial charge in [-0.3, -0.25) is 9.59 Å². The SMILES string of the molecule is CN(Cc1ncc[nH]1)C(=O)[C@@H]1[C@@H]2C=C[C@@]3(CN(CCOc4ccccc4)C(=O)[C@@H]13)O2. The van der Waals surface area contributed by atoms with Crippen LogP contribution >= 0.6 is 0 Å². The van der Waals surface area contributed by atoms with Gasteiger partial charge in [-0.25, -0.2) is 4.98 Å². The molecule has 3 aliphatic heterocycles. The predicted octanol–water partition coefficient (Wildman–Crippen LogP) is 1.23. The second-order valence-corrected chi connectivity index (χ2v) is 8.05. The van der Waals surface area contributed by atoms with E-state index in [0.717, 1.165) is 5.75 Å². The number of rotatable bonds is 7. The smallest absolute Gasteiger partial charge is 0.230 e. The van der Waals surface area contributed by atoms with Crippen LogP contribution in [0.25, 0.3) is 0 Å². The summed E-state index contributed by atoms with van der Waals surface area (Å²) < 4.78 is 11.9. The Bertz CT molecular complexity index is 961. The van der Waals surface area contributed by atoms with E-state index in [1.54, 1.807) is 29.2 Å². The van der Waals surface area contributed by atoms with Crippen LogP contribution in [-0.2, 0) is 20.9 Å². The Morgan fingerprint density at radius 1 is 1.40 bits per heavy atom. The molecule has 4 heterocycles. The molecular weight excluding hydrogens is 384 g/mol. The van der Waals surface area contributed by atoms with Crippen LogP contribution < -0.4 is 4.74 Å². The number of amides is 2. The molecule has 156 valence electrons. The number of para-hydroxylation sites is 1. The number of nitrogens with zero attached hydrogens (tertiary/aromatic N) is 3. The third kappa shape index (κ3) is 3.08. The Kier molecular flexibility index (Phi) is 4.58. The maximum atomic E-state index is 13.2. The van der Waals surface area contributed by atoms with Gasteiger partial charge in [-0.1, -0.05) is 30.4 Å². The van der Waals surface area contributed by atoms with Gasteiger partial charge in [-0.2, -0.15) is 0 Å². The summed E-state index contributed by atoms with van der Waals surface area (Å²) in [5, 5.41) is 0. The molecule has 2 amide bonds. The van der Waals surface area contributed by atoms with Crippen LogP contribution in [0.4, 0.5) is 0 Å². The van der Waals surface area contributed by atoms with Crippen LogP contribution in [0.15, 0.2) is 54.9 Å². The molecule has 1 aromatic heterocycles. The van der Waals surface area contributed by atoms with E-state index < -0.39 is 17.4 Å². The Labute approximate surface area is 174 Å². The number of hydrogen-bond acceptors (Lipinski definition) is 5. The molecule has 4 atom stereocenters. The molecular formula is C22H24N4O4. The molecule has 1 N–H and O–H groups in total. The lowest BCUT2D eigenvalue weighted by Crippen LogP contribution is -2.44. The van der Waals surface area contributed by atoms with Gasteiger partial charge in [0, 0.05) is 19.4 Å². The molecule has 30 heavy (non-hydrogen) atoms. The molecule has 3 aliphatic rings. The van der Waals surface area contributed by atoms with Crippen molar-refractivity contribution in [3.05, 3.63) is 60.7 Å². The van der Waals surface area contributed by atoms with E-state index >= 15 is 0 Å². The average molecular weight is 408 g/mol. The first-order valence-electron chi connectivity index (χ1n) is 10.1. The Morgan fingerprint density at radius 2 is 2.23 bits per heavy atom. The highest BCUT2D eigenvalue weighted by molar-refractivity contribution is 5.93. The maximum absolute atomic E-state index is 13.2. The molecule has 2 bridgehead atoms. The van der Waals surface area contributed by atoms with Gasteiger partial charge in [0.1, 0.15) is 23.8 Å². The van der Waals surface area contributed by atoms with Crippen molar-refractivity contribution in [2.45, 2.75) is 18.2 Å². The van der Waals surface area contributed by atoms with Crippen molar-refractivity contribution in [2.75, 3.05) is 26.7 Å². The van der Waals surface area contributed by atoms with E-state index in [1.165, 1.54) is 0 Å². The van der Waals surface area contributed by atoms with Gasteiger partial charge in [0.15, 0.2) is 0 Å². The Hall–Kier alpha value is -3.13. The number of aromatic nitrogens is 2. The molecule has 0 aliphatic carbocycles. The van der Waals surface area contributed by atoms with Crippen LogP contribution in [0.1, 0.15) is 5.82 Å². The first-order chi connectivity index (χ1) is 14.6. The molecule has 2 fully saturated rings. The summed E-state index contributed by atoms with van der Waals surface area (Å²) in [6.07, 6.45) is 6.92. The van der Waals surface area contributed by atoms with E-state index in [4.69, 9.17) is 9.47 Å². The number of hydrogen-bond donors (Lipinski definition) is 1. The summed E-state index contributed by atoms with van der Waals surface area (Å²) in [6, 6.07) is 9.52. The molecule has 1 aromatic carbocycles. The van der Waals surface area contributed by atoms with Gasteiger partial charge < -0.3 is 24.3 Å². The van der Waals surface area contributed by atoms with Gasteiger partial charge >= 0.3 is 0 Å². The first kappa shape index (κ1) is 18.9. The van der Waals surface area contributed by atoms with E-state index in [0.29, 0.717) is 32.1 Å². The fourth-order valence-electron chi connectivity index (χ4n) is 4.78. The number of benzene rings is 1. The van der Waals surface area contributed by atoms with E-state index in [9.17, 15) is 9.59 Å². The van der Waals surface area contributed by atoms with Gasteiger partial charge in [-0.15, -0.1) is 0 Å². The van der Waals surface area contributed by atoms with Crippen molar-refractivity contribution < 1.29 is 19.1 Å². The highest BCUT2D eigenvalue weighted by Gasteiger charge is 2.67. The van der Waals surface area contributed by atoms with Gasteiger partial charge in [0.25, 0.3) is 0 Å². The van der Waals surface area contributed by atoms with Crippen molar-refractivity contribution in [3.8, 4) is 5.75 Å². The van der Waals surface area contributed by atoms with Crippen molar-refractivity contribution in [3.63, 3.8) is 0 Å². The van der Waals surface area contributed by atoms with Crippen LogP contribution in [-0.4, -0.2) is 70.0 Å². The van der Waals surface area contributed by atoms with Crippen LogP contribution in [0.2, 0.25) is 0 Å². The molecule has 1 spiro atoms. The predicted molar refractivity (Wildman–Crippen MR) is 107 cm³/mol. The minimum Gasteiger partial charge on any atom is -0.492 e. The second-order valence-electron chi connectivity index (χ2n) is 8.05. The molecule has 8 heteroatoms. The van der Waals surface area contributed by atoms with E-state index in [1.807, 2.05) is 42.5 Å². The summed E-state index contributed by atoms with van der Waals surface area (Å²) in [5.41, 5.74) is -0.708. The van der Waals surface area contributed by atoms with Crippen molar-refractivity contribution >= 4 is 11.8 Å². The molecule has 0 saturated carbocycles. The summed E-state index contributed by atoms with van der Waals surface area (Å²) in [7, 11) is 1.73. The molecule has 0 radical (unpaired) electrons. The van der Waals surface area contributed by atoms with Crippen LogP contribution in [0.3, 0.4) is 0 Å². The second kappa shape index (κ2) is 7.28. The summed E-state index contributed by atoms with van der Waals surface area (Å²) in [5.74, 6) is 0.342. The Balaban J connectivity index is 1.27. The van der Waals surface area contributed by atoms with Gasteiger partial charge in [0.2, 0.25) is 11.8 Å². The lowest BCUT2D eigenvalue weighted by molar-refractivity contribution is -0.142. The molecule has 2 aromatic rings. The van der Waals surface area contributed by atoms with Crippen molar-refractivity contribution in [2.24, 2.45) is 11.8 Å². The number of likely N-dealkylation sites (tertiary alicyclic amines) is 1. The lowest BCUT2D eigenvalue weighted by Gasteiger charge is -2.27. The summed E-state index contributed by atoms with van der Waals surface area (Å²) in [4.78, 5) is 37.0. The highest BCUT2D eigenvalue weighted by Crippen LogP contribution is 2.52. The number of nitrogens with one attached hydrogen (secondary N) is 1. The van der Waals surface area contributed by atoms with Crippen LogP contribution in [0.5, 0.6) is 5.75 Å². The average Bonchev–Trinajstić information content (AvgIpc) is 3.51. The normalized spacial score (nSPS) is 28.8. The standard InChI is InChI=1S/C22H24N4O4/c1-25(13-17-23-9-10-24-17)20(27)18-16-7-8-22(30-16)14-26(21(28)19(18)22)11-12-29-15-5-3-2-4-6-15/h2-10,16,18-19H,11-14H2,1H3,(H,23,24)/t16-,18+,19+,22-/m0/s1. The Morgan fingerprint density at radius 3 is 3.00 bits per heavy atom. The van der Waals surface area contributed by atoms with Gasteiger partial charge in [-0.05, 0) is 12.1 Å². The fraction of sp³-hybridized carbons (Fsp3) is 0.409. The number of fused-ring (bicyclic) bond motifs is 1. The minimum atomic E-state index is -0.708. The highest BCUT2D eigenvalue weighted by atomic mass is 16.5. The summed E-state index contributed by atoms with van der Waals surface area (Å²) in [6.45, 7) is 1.66. The molecule has 8 nitrogen and oxygen atoms in total. The maximum Gasteiger partial charge on any atom is 0.230 e. The van der Waals surface area contributed by atoms with Crippen LogP contribution in [0, 0.1) is 11.8 Å². The zero-order valence-electron chi connectivity index (χ0n) is 16.7. The third-order valence-corrected chi connectivity index (χ3v) is 6.16. The zero-order chi connectivity index (χ0) is 20.7. The van der Waals surface area contributed by atoms with Gasteiger partial charge in [0.05, 0.1) is 37.6 Å². The number of carbonyl (C=O) groups is 2. The molecule has 5 rings (SSSR count). The lowest BCUT2D eigenvalue weighted by atomic mass is 9.76. The quantitative estimate of drug-likeness (QED) is 0.697. The molecule has 2 saturated heterocycles. The van der Waals surface area contributed by atoms with E-state index in [-0.39, 0.29) is 17.9 Å². The number of carbonyl (C=O) groups excluding carboxylic acids is 2. The first-order valence-corrected chi connectivity index (χ1v) is 10.1. The fourth-order valence-corrected chi connectivity index (χ4v) is 4.78. The topological polar surface area (TPSA) is 87.8 Å². The largest absolute Gasteiger partial charge is 0.492 e. The zero-order valence-corrected chi connectivity index (χ0v) is 16.7. The molecule has 0 unspecified atom stereocenters. The number of imidazole rings is 1. The monoisotopic (exact) mass is 408 g/mol.